The van der Waals surface area contributed by atoms with Crippen LogP contribution < -0.4 is 11.1 Å². The zero-order chi connectivity index (χ0) is 25.9. The van der Waals surface area contributed by atoms with Gasteiger partial charge < -0.3 is 25.7 Å². The lowest BCUT2D eigenvalue weighted by Gasteiger charge is -2.27. The number of pyridine rings is 1. The number of aromatic nitrogens is 3. The maximum Gasteiger partial charge on any atom is 0.329 e. The molecule has 36 heavy (non-hydrogen) atoms. The van der Waals surface area contributed by atoms with Gasteiger partial charge in [0.1, 0.15) is 12.6 Å². The maximum atomic E-state index is 13.6. The van der Waals surface area contributed by atoms with Crippen molar-refractivity contribution in [3.8, 4) is 0 Å². The summed E-state index contributed by atoms with van der Waals surface area (Å²) < 4.78 is 5.63. The fourth-order valence-electron chi connectivity index (χ4n) is 3.65. The van der Waals surface area contributed by atoms with Crippen LogP contribution in [0.5, 0.6) is 0 Å². The molecule has 0 aliphatic carbocycles. The van der Waals surface area contributed by atoms with Crippen molar-refractivity contribution in [3.63, 3.8) is 0 Å². The number of aromatic amines is 1. The number of ether oxygens (including phenoxy) is 1. The first-order valence-electron chi connectivity index (χ1n) is 11.8. The second kappa shape index (κ2) is 13.1. The molecule has 10 heteroatoms. The second-order valence-corrected chi connectivity index (χ2v) is 8.43. The van der Waals surface area contributed by atoms with Crippen LogP contribution in [0.25, 0.3) is 0 Å². The average molecular weight is 493 g/mol. The zero-order valence-corrected chi connectivity index (χ0v) is 20.5. The third kappa shape index (κ3) is 7.47. The topological polar surface area (TPSA) is 143 Å². The van der Waals surface area contributed by atoms with Crippen molar-refractivity contribution in [2.45, 2.75) is 44.8 Å². The summed E-state index contributed by atoms with van der Waals surface area (Å²) in [5, 5.41) is 2.63. The van der Waals surface area contributed by atoms with Crippen LogP contribution in [0.3, 0.4) is 0 Å². The number of esters is 1. The second-order valence-electron chi connectivity index (χ2n) is 8.43. The number of carbonyl (C=O) groups excluding carboxylic acids is 3. The summed E-state index contributed by atoms with van der Waals surface area (Å²) >= 11 is 0. The number of nitrogens with two attached hydrogens (primary N) is 1. The molecule has 3 unspecified atom stereocenters. The van der Waals surface area contributed by atoms with E-state index < -0.39 is 29.9 Å². The smallest absolute Gasteiger partial charge is 0.329 e. The van der Waals surface area contributed by atoms with Crippen molar-refractivity contribution in [3.05, 3.63) is 84.2 Å². The van der Waals surface area contributed by atoms with Crippen LogP contribution in [0.1, 0.15) is 36.6 Å². The Morgan fingerprint density at radius 2 is 1.83 bits per heavy atom. The maximum absolute atomic E-state index is 13.6. The van der Waals surface area contributed by atoms with Crippen molar-refractivity contribution in [1.29, 1.82) is 0 Å². The van der Waals surface area contributed by atoms with Crippen LogP contribution in [0, 0.1) is 0 Å². The number of carbonyl (C=O) groups is 3. The van der Waals surface area contributed by atoms with Crippen LogP contribution in [-0.4, -0.2) is 62.9 Å². The Morgan fingerprint density at radius 1 is 1.11 bits per heavy atom. The molecule has 2 amide bonds. The summed E-state index contributed by atoms with van der Waals surface area (Å²) in [4.78, 5) is 51.5. The van der Waals surface area contributed by atoms with Crippen LogP contribution in [0.4, 0.5) is 0 Å². The van der Waals surface area contributed by atoms with Crippen LogP contribution in [-0.2, 0) is 32.1 Å². The third-order valence-corrected chi connectivity index (χ3v) is 5.70. The summed E-state index contributed by atoms with van der Waals surface area (Å²) in [5.41, 5.74) is 7.99. The van der Waals surface area contributed by atoms with E-state index in [-0.39, 0.29) is 18.9 Å². The number of nitrogens with one attached hydrogen (secondary N) is 2. The molecule has 0 bridgehead atoms. The van der Waals surface area contributed by atoms with Gasteiger partial charge in [0.25, 0.3) is 0 Å². The van der Waals surface area contributed by atoms with Crippen LogP contribution >= 0.6 is 0 Å². The normalized spacial score (nSPS) is 13.3. The van der Waals surface area contributed by atoms with E-state index in [1.54, 1.807) is 23.5 Å². The molecule has 10 nitrogen and oxygen atoms in total. The number of hydrogen-bond acceptors (Lipinski definition) is 7. The molecule has 3 atom stereocenters. The van der Waals surface area contributed by atoms with Gasteiger partial charge in [0, 0.05) is 43.8 Å². The highest BCUT2D eigenvalue weighted by Crippen LogP contribution is 2.21. The van der Waals surface area contributed by atoms with E-state index in [0.29, 0.717) is 18.8 Å². The Kier molecular flexibility index (Phi) is 9.70. The highest BCUT2D eigenvalue weighted by atomic mass is 16.5. The molecule has 190 valence electrons. The van der Waals surface area contributed by atoms with E-state index in [1.807, 2.05) is 49.4 Å². The van der Waals surface area contributed by atoms with Gasteiger partial charge in [0.15, 0.2) is 0 Å². The molecular weight excluding hydrogens is 460 g/mol. The number of hydrogen-bond donors (Lipinski definition) is 3. The summed E-state index contributed by atoms with van der Waals surface area (Å²) in [7, 11) is 0. The van der Waals surface area contributed by atoms with E-state index in [2.05, 4.69) is 20.3 Å². The number of amides is 2. The first kappa shape index (κ1) is 26.6. The molecule has 0 fully saturated rings. The highest BCUT2D eigenvalue weighted by Gasteiger charge is 2.30. The predicted molar refractivity (Wildman–Crippen MR) is 133 cm³/mol. The number of nitrogens with zero attached hydrogens (tertiary/aromatic N) is 3. The molecule has 3 rings (SSSR count). The molecule has 0 aliphatic rings. The molecule has 0 aliphatic heterocycles. The van der Waals surface area contributed by atoms with Gasteiger partial charge in [0.2, 0.25) is 11.8 Å². The first-order chi connectivity index (χ1) is 17.4. The number of rotatable bonds is 12. The van der Waals surface area contributed by atoms with Crippen molar-refractivity contribution < 1.29 is 19.1 Å². The summed E-state index contributed by atoms with van der Waals surface area (Å²) in [5.74, 6) is -2.03. The van der Waals surface area contributed by atoms with Crippen molar-refractivity contribution in [2.24, 2.45) is 5.73 Å². The molecule has 3 aromatic rings. The standard InChI is InChI=1S/C26H32N6O4/c1-3-32(15-19-9-11-28-12-10-19)25(34)22(20-7-5-4-6-8-20)16-36-26(35)23(31-24(33)18(2)27)13-21-14-29-17-30-21/h4-12,14,17-18,22-23H,3,13,15-16,27H2,1-2H3,(H,29,30)(H,31,33). The van der Waals surface area contributed by atoms with Crippen LogP contribution in [0.15, 0.2) is 67.4 Å². The highest BCUT2D eigenvalue weighted by molar-refractivity contribution is 5.88. The summed E-state index contributed by atoms with van der Waals surface area (Å²) in [6, 6.07) is 11.1. The Hall–Kier alpha value is -4.05. The number of H-pyrrole nitrogens is 1. The van der Waals surface area contributed by atoms with Crippen molar-refractivity contribution >= 4 is 17.8 Å². The summed E-state index contributed by atoms with van der Waals surface area (Å²) in [6.07, 6.45) is 6.55. The Morgan fingerprint density at radius 3 is 2.44 bits per heavy atom. The number of likely N-dealkylation sites (N-methyl/N-ethyl adjacent to an activating group) is 1. The predicted octanol–water partition coefficient (Wildman–Crippen LogP) is 1.55. The molecule has 1 aromatic carbocycles. The minimum Gasteiger partial charge on any atom is -0.463 e. The molecule has 0 radical (unpaired) electrons. The largest absolute Gasteiger partial charge is 0.463 e. The zero-order valence-electron chi connectivity index (χ0n) is 20.5. The Labute approximate surface area is 210 Å². The fourth-order valence-corrected chi connectivity index (χ4v) is 3.65. The minimum absolute atomic E-state index is 0.143. The van der Waals surface area contributed by atoms with Gasteiger partial charge >= 0.3 is 5.97 Å². The van der Waals surface area contributed by atoms with E-state index in [9.17, 15) is 14.4 Å². The van der Waals surface area contributed by atoms with Gasteiger partial charge in [-0.25, -0.2) is 9.78 Å². The molecule has 0 spiro atoms. The van der Waals surface area contributed by atoms with Gasteiger partial charge in [-0.05, 0) is 37.1 Å². The number of imidazole rings is 1. The first-order valence-corrected chi connectivity index (χ1v) is 11.8. The van der Waals surface area contributed by atoms with Crippen molar-refractivity contribution in [2.75, 3.05) is 13.2 Å². The third-order valence-electron chi connectivity index (χ3n) is 5.70. The van der Waals surface area contributed by atoms with E-state index in [0.717, 1.165) is 11.1 Å². The Bertz CT molecular complexity index is 1110. The van der Waals surface area contributed by atoms with Gasteiger partial charge in [0.05, 0.1) is 18.3 Å². The van der Waals surface area contributed by atoms with E-state index in [4.69, 9.17) is 10.5 Å². The molecule has 0 saturated carbocycles. The van der Waals surface area contributed by atoms with Crippen molar-refractivity contribution in [1.82, 2.24) is 25.2 Å². The molecule has 0 saturated heterocycles. The Balaban J connectivity index is 1.77. The van der Waals surface area contributed by atoms with E-state index in [1.165, 1.54) is 13.3 Å². The van der Waals surface area contributed by atoms with Gasteiger partial charge in [-0.15, -0.1) is 0 Å². The lowest BCUT2D eigenvalue weighted by atomic mass is 9.98. The fraction of sp³-hybridized carbons (Fsp3) is 0.346. The summed E-state index contributed by atoms with van der Waals surface area (Å²) in [6.45, 7) is 4.13. The van der Waals surface area contributed by atoms with Gasteiger partial charge in [-0.1, -0.05) is 30.3 Å². The monoisotopic (exact) mass is 492 g/mol. The quantitative estimate of drug-likeness (QED) is 0.326. The van der Waals surface area contributed by atoms with Gasteiger partial charge in [-0.3, -0.25) is 14.6 Å². The lowest BCUT2D eigenvalue weighted by Crippen LogP contribution is -2.49. The molecular formula is C26H32N6O4. The average Bonchev–Trinajstić information content (AvgIpc) is 3.41. The SMILES string of the molecule is CCN(Cc1ccncc1)C(=O)C(COC(=O)C(Cc1cnc[nH]1)NC(=O)C(C)N)c1ccccc1. The lowest BCUT2D eigenvalue weighted by molar-refractivity contribution is -0.150. The molecule has 2 aromatic heterocycles. The molecule has 4 N–H and O–H groups in total. The number of benzene rings is 1. The molecule has 2 heterocycles. The van der Waals surface area contributed by atoms with Crippen LogP contribution in [0.2, 0.25) is 0 Å². The minimum atomic E-state index is -0.991. The van der Waals surface area contributed by atoms with Gasteiger partial charge in [-0.2, -0.15) is 0 Å². The van der Waals surface area contributed by atoms with E-state index >= 15 is 0 Å².